The lowest BCUT2D eigenvalue weighted by Gasteiger charge is -2.44. The number of benzene rings is 2. The molecule has 7 nitrogen and oxygen atoms in total. The van der Waals surface area contributed by atoms with E-state index in [2.05, 4.69) is 20.8 Å². The van der Waals surface area contributed by atoms with Crippen molar-refractivity contribution in [3.05, 3.63) is 60.2 Å². The third-order valence-electron chi connectivity index (χ3n) is 6.62. The lowest BCUT2D eigenvalue weighted by Crippen LogP contribution is -2.57. The Balaban J connectivity index is 2.67. The number of hydrogen-bond donors (Lipinski definition) is 1. The highest BCUT2D eigenvalue weighted by atomic mass is 32.2. The van der Waals surface area contributed by atoms with Crippen LogP contribution in [0.2, 0.25) is 18.1 Å². The average molecular weight is 522 g/mol. The number of hydrogen-bond acceptors (Lipinski definition) is 5. The molecular weight excluding hydrogens is 482 g/mol. The van der Waals surface area contributed by atoms with Crippen LogP contribution < -0.4 is 4.74 Å². The number of sulfonamides is 1. The van der Waals surface area contributed by atoms with Gasteiger partial charge < -0.3 is 14.3 Å². The van der Waals surface area contributed by atoms with E-state index in [-0.39, 0.29) is 22.4 Å². The lowest BCUT2D eigenvalue weighted by atomic mass is 9.99. The van der Waals surface area contributed by atoms with Gasteiger partial charge in [-0.1, -0.05) is 65.0 Å². The molecule has 2 rings (SSSR count). The van der Waals surface area contributed by atoms with E-state index >= 15 is 0 Å². The quantitative estimate of drug-likeness (QED) is 0.399. The maximum atomic E-state index is 13.9. The summed E-state index contributed by atoms with van der Waals surface area (Å²) in [7, 11) is -5.14. The summed E-state index contributed by atoms with van der Waals surface area (Å²) in [4.78, 5) is 12.8. The smallest absolute Gasteiger partial charge is 0.324 e. The third kappa shape index (κ3) is 6.94. The van der Waals surface area contributed by atoms with Gasteiger partial charge in [0.1, 0.15) is 11.8 Å². The molecule has 0 aliphatic carbocycles. The highest BCUT2D eigenvalue weighted by Gasteiger charge is 2.47. The Kier molecular flexibility index (Phi) is 9.32. The van der Waals surface area contributed by atoms with Crippen molar-refractivity contribution in [1.82, 2.24) is 4.31 Å². The molecule has 0 saturated heterocycles. The molecule has 0 saturated carbocycles. The van der Waals surface area contributed by atoms with Gasteiger partial charge in [0.05, 0.1) is 18.1 Å². The van der Waals surface area contributed by atoms with Gasteiger partial charge in [0.2, 0.25) is 10.0 Å². The number of nitrogens with zero attached hydrogens (tertiary/aromatic N) is 1. The minimum Gasteiger partial charge on any atom is -0.497 e. The molecule has 0 radical (unpaired) electrons. The van der Waals surface area contributed by atoms with Crippen molar-refractivity contribution >= 4 is 24.3 Å². The van der Waals surface area contributed by atoms with Crippen molar-refractivity contribution in [2.45, 2.75) is 76.3 Å². The fourth-order valence-electron chi connectivity index (χ4n) is 3.49. The van der Waals surface area contributed by atoms with Gasteiger partial charge in [-0.15, -0.1) is 0 Å². The third-order valence-corrected chi connectivity index (χ3v) is 12.9. The van der Waals surface area contributed by atoms with Crippen LogP contribution in [-0.4, -0.2) is 51.4 Å². The van der Waals surface area contributed by atoms with Crippen LogP contribution in [0.4, 0.5) is 0 Å². The molecule has 0 amide bonds. The fourth-order valence-corrected chi connectivity index (χ4v) is 6.50. The average Bonchev–Trinajstić information content (AvgIpc) is 2.77. The number of aliphatic carboxylic acids is 1. The number of methoxy groups -OCH3 is 1. The summed E-state index contributed by atoms with van der Waals surface area (Å²) in [5, 5.41) is 10.3. The van der Waals surface area contributed by atoms with Crippen LogP contribution in [-0.2, 0) is 25.8 Å². The predicted molar refractivity (Wildman–Crippen MR) is 140 cm³/mol. The van der Waals surface area contributed by atoms with E-state index in [9.17, 15) is 18.3 Å². The Hall–Kier alpha value is -2.20. The van der Waals surface area contributed by atoms with E-state index in [1.54, 1.807) is 36.4 Å². The molecule has 194 valence electrons. The molecule has 2 aromatic carbocycles. The van der Waals surface area contributed by atoms with Crippen molar-refractivity contribution in [3.8, 4) is 5.75 Å². The number of ether oxygens (including phenoxy) is 1. The Labute approximate surface area is 211 Å². The molecule has 2 atom stereocenters. The first-order chi connectivity index (χ1) is 16.1. The molecule has 0 aliphatic rings. The maximum absolute atomic E-state index is 13.9. The van der Waals surface area contributed by atoms with E-state index in [1.165, 1.54) is 19.2 Å². The van der Waals surface area contributed by atoms with Crippen LogP contribution in [0.3, 0.4) is 0 Å². The molecule has 9 heteroatoms. The van der Waals surface area contributed by atoms with Gasteiger partial charge in [0.25, 0.3) is 0 Å². The zero-order valence-electron chi connectivity index (χ0n) is 22.0. The minimum atomic E-state index is -4.21. The zero-order chi connectivity index (χ0) is 26.6. The van der Waals surface area contributed by atoms with Crippen molar-refractivity contribution in [1.29, 1.82) is 0 Å². The zero-order valence-corrected chi connectivity index (χ0v) is 23.8. The topological polar surface area (TPSA) is 93.1 Å². The molecule has 1 N–H and O–H groups in total. The lowest BCUT2D eigenvalue weighted by molar-refractivity contribution is -0.146. The van der Waals surface area contributed by atoms with Crippen molar-refractivity contribution in [3.63, 3.8) is 0 Å². The van der Waals surface area contributed by atoms with Crippen LogP contribution in [0.15, 0.2) is 59.5 Å². The molecule has 0 fully saturated rings. The molecule has 0 bridgehead atoms. The van der Waals surface area contributed by atoms with Crippen LogP contribution in [0.25, 0.3) is 0 Å². The first-order valence-corrected chi connectivity index (χ1v) is 16.1. The Bertz CT molecular complexity index is 1080. The van der Waals surface area contributed by atoms with Crippen LogP contribution in [0.1, 0.15) is 40.2 Å². The molecule has 0 aromatic heterocycles. The number of carboxylic acids is 1. The number of carboxylic acid groups (broad SMARTS) is 1. The van der Waals surface area contributed by atoms with Gasteiger partial charge in [-0.05, 0) is 53.9 Å². The molecule has 0 spiro atoms. The first kappa shape index (κ1) is 29.0. The van der Waals surface area contributed by atoms with E-state index < -0.39 is 36.5 Å². The molecule has 35 heavy (non-hydrogen) atoms. The van der Waals surface area contributed by atoms with E-state index in [0.717, 1.165) is 4.31 Å². The summed E-state index contributed by atoms with van der Waals surface area (Å²) < 4.78 is 40.7. The van der Waals surface area contributed by atoms with Crippen molar-refractivity contribution < 1.29 is 27.5 Å². The standard InChI is InChI=1S/C26H39NO6SSi/c1-19(2)24(33-35(7,8)26(3,4)5)23(25(28)29)27(18-20-12-10-9-11-13-20)34(30,31)22-16-14-21(32-6)15-17-22/h9-17,19,23-24H,18H2,1-8H3,(H,28,29). The van der Waals surface area contributed by atoms with Gasteiger partial charge in [-0.2, -0.15) is 4.31 Å². The van der Waals surface area contributed by atoms with E-state index in [1.807, 2.05) is 33.0 Å². The first-order valence-electron chi connectivity index (χ1n) is 11.7. The summed E-state index contributed by atoms with van der Waals surface area (Å²) in [6.45, 7) is 13.9. The van der Waals surface area contributed by atoms with Gasteiger partial charge in [0, 0.05) is 6.54 Å². The Morgan fingerprint density at radius 1 is 1.03 bits per heavy atom. The summed E-state index contributed by atoms with van der Waals surface area (Å²) in [6.07, 6.45) is -0.842. The SMILES string of the molecule is COc1ccc(S(=O)(=O)N(Cc2ccccc2)C(C(=O)O)C(O[Si](C)(C)C(C)(C)C)C(C)C)cc1. The molecule has 0 heterocycles. The summed E-state index contributed by atoms with van der Waals surface area (Å²) >= 11 is 0. The fraction of sp³-hybridized carbons (Fsp3) is 0.500. The highest BCUT2D eigenvalue weighted by Crippen LogP contribution is 2.39. The second-order valence-corrected chi connectivity index (χ2v) is 17.2. The van der Waals surface area contributed by atoms with E-state index in [4.69, 9.17) is 9.16 Å². The highest BCUT2D eigenvalue weighted by molar-refractivity contribution is 7.89. The van der Waals surface area contributed by atoms with Gasteiger partial charge in [-0.25, -0.2) is 8.42 Å². The van der Waals surface area contributed by atoms with Gasteiger partial charge in [0.15, 0.2) is 8.32 Å². The van der Waals surface area contributed by atoms with Crippen molar-refractivity contribution in [2.24, 2.45) is 5.92 Å². The van der Waals surface area contributed by atoms with Crippen molar-refractivity contribution in [2.75, 3.05) is 7.11 Å². The van der Waals surface area contributed by atoms with Crippen LogP contribution in [0, 0.1) is 5.92 Å². The Morgan fingerprint density at radius 2 is 1.57 bits per heavy atom. The molecule has 2 unspecified atom stereocenters. The number of rotatable bonds is 11. The molecular formula is C26H39NO6SSi. The minimum absolute atomic E-state index is 0.00434. The summed E-state index contributed by atoms with van der Waals surface area (Å²) in [5.41, 5.74) is 0.686. The summed E-state index contributed by atoms with van der Waals surface area (Å²) in [6, 6.07) is 13.6. The Morgan fingerprint density at radius 3 is 2.00 bits per heavy atom. The second-order valence-electron chi connectivity index (χ2n) is 10.6. The molecule has 0 aliphatic heterocycles. The largest absolute Gasteiger partial charge is 0.497 e. The maximum Gasteiger partial charge on any atom is 0.324 e. The molecule has 2 aromatic rings. The van der Waals surface area contributed by atoms with Gasteiger partial charge >= 0.3 is 5.97 Å². The monoisotopic (exact) mass is 521 g/mol. The van der Waals surface area contributed by atoms with E-state index in [0.29, 0.717) is 11.3 Å². The predicted octanol–water partition coefficient (Wildman–Crippen LogP) is 5.39. The summed E-state index contributed by atoms with van der Waals surface area (Å²) in [5.74, 6) is -0.973. The normalized spacial score (nSPS) is 14.7. The van der Waals surface area contributed by atoms with Crippen LogP contribution in [0.5, 0.6) is 5.75 Å². The van der Waals surface area contributed by atoms with Crippen LogP contribution >= 0.6 is 0 Å². The van der Waals surface area contributed by atoms with Gasteiger partial charge in [-0.3, -0.25) is 4.79 Å². The number of carbonyl (C=O) groups is 1. The second kappa shape index (κ2) is 11.2.